The predicted octanol–water partition coefficient (Wildman–Crippen LogP) is 12.9. The van der Waals surface area contributed by atoms with Gasteiger partial charge in [-0.2, -0.15) is 0 Å². The molecule has 273 valence electrons. The minimum absolute atomic E-state index is 0. The van der Waals surface area contributed by atoms with Crippen LogP contribution in [0.3, 0.4) is 0 Å². The van der Waals surface area contributed by atoms with Gasteiger partial charge in [-0.05, 0) is 78.3 Å². The zero-order valence-electron chi connectivity index (χ0n) is 35.7. The Morgan fingerprint density at radius 2 is 1.45 bits per heavy atom. The molecule has 1 radical (unpaired) electrons. The van der Waals surface area contributed by atoms with E-state index in [0.29, 0.717) is 22.5 Å². The second-order valence-corrected chi connectivity index (χ2v) is 13.5. The Bertz CT molecular complexity index is 2810. The number of rotatable bonds is 7. The van der Waals surface area contributed by atoms with Crippen LogP contribution in [-0.4, -0.2) is 14.5 Å². The minimum Gasteiger partial charge on any atom is -0.557 e. The largest absolute Gasteiger partial charge is 0.557 e. The van der Waals surface area contributed by atoms with E-state index in [1.807, 2.05) is 80.6 Å². The van der Waals surface area contributed by atoms with Gasteiger partial charge in [0.05, 0.1) is 22.5 Å². The molecule has 0 atom stereocenters. The van der Waals surface area contributed by atoms with Crippen molar-refractivity contribution in [2.24, 2.45) is 5.92 Å². The molecule has 9 aromatic rings. The van der Waals surface area contributed by atoms with Crippen LogP contribution in [0.25, 0.3) is 72.6 Å². The van der Waals surface area contributed by atoms with Gasteiger partial charge in [0.1, 0.15) is 0 Å². The quantitative estimate of drug-likeness (QED) is 0.150. The van der Waals surface area contributed by atoms with Crippen molar-refractivity contribution >= 4 is 22.0 Å². The van der Waals surface area contributed by atoms with Gasteiger partial charge in [-0.1, -0.05) is 133 Å². The summed E-state index contributed by atoms with van der Waals surface area (Å²) in [5.74, 6) is 0.503. The Kier molecular flexibility index (Phi) is 9.53. The number of furan rings is 1. The third kappa shape index (κ3) is 8.00. The Balaban J connectivity index is 0.000000270. The van der Waals surface area contributed by atoms with Crippen LogP contribution in [0.4, 0.5) is 0 Å². The number of nitrogens with zero attached hydrogens (tertiary/aromatic N) is 3. The second-order valence-electron chi connectivity index (χ2n) is 13.5. The molecular formula is C50H41IrN3O-2. The van der Waals surface area contributed by atoms with Crippen LogP contribution < -0.4 is 0 Å². The topological polar surface area (TPSA) is 43.9 Å². The van der Waals surface area contributed by atoms with Crippen LogP contribution in [0.15, 0.2) is 162 Å². The SMILES string of the molecule is [2H]C([2H])([2H])c1ccc(-c2[c-]cccc2)nc1.[2H]C([2H])(c1ccc2o[c-]c(-c3nc4ccccc4n3-c3c(-c4ccccc4)cc(C)cc3-c3ccccc3)c2c1)C(C)C.[Ir]. The number of hydrogen-bond donors (Lipinski definition) is 0. The van der Waals surface area contributed by atoms with Gasteiger partial charge in [0, 0.05) is 56.1 Å². The van der Waals surface area contributed by atoms with Crippen molar-refractivity contribution in [1.29, 1.82) is 0 Å². The molecule has 3 aromatic heterocycles. The van der Waals surface area contributed by atoms with Crippen molar-refractivity contribution in [3.63, 3.8) is 0 Å². The van der Waals surface area contributed by atoms with E-state index in [1.54, 1.807) is 18.2 Å². The number of fused-ring (bicyclic) bond motifs is 2. The number of benzene rings is 6. The van der Waals surface area contributed by atoms with E-state index < -0.39 is 13.2 Å². The molecule has 55 heavy (non-hydrogen) atoms. The molecule has 0 N–H and O–H groups in total. The fraction of sp³-hybridized carbons (Fsp3) is 0.120. The molecule has 5 heteroatoms. The van der Waals surface area contributed by atoms with Crippen molar-refractivity contribution in [1.82, 2.24) is 14.5 Å². The molecule has 0 aliphatic rings. The summed E-state index contributed by atoms with van der Waals surface area (Å²) in [5.41, 5.74) is 12.2. The molecule has 6 aromatic carbocycles. The summed E-state index contributed by atoms with van der Waals surface area (Å²) in [6.45, 7) is 3.85. The minimum atomic E-state index is -2.09. The summed E-state index contributed by atoms with van der Waals surface area (Å²) in [5, 5.41) is 0.785. The molecule has 4 nitrogen and oxygen atoms in total. The number of pyridine rings is 1. The maximum atomic E-state index is 8.76. The molecule has 9 rings (SSSR count). The molecule has 0 aliphatic carbocycles. The van der Waals surface area contributed by atoms with E-state index in [1.165, 1.54) is 6.20 Å². The zero-order valence-corrected chi connectivity index (χ0v) is 33.1. The van der Waals surface area contributed by atoms with Gasteiger partial charge >= 0.3 is 0 Å². The molecule has 0 unspecified atom stereocenters. The van der Waals surface area contributed by atoms with Crippen molar-refractivity contribution in [3.8, 4) is 50.6 Å². The number of aromatic nitrogens is 3. The molecule has 0 aliphatic heterocycles. The van der Waals surface area contributed by atoms with Crippen LogP contribution in [0.2, 0.25) is 0 Å². The first-order chi connectivity index (χ1) is 28.4. The molecule has 0 amide bonds. The van der Waals surface area contributed by atoms with Crippen LogP contribution in [-0.2, 0) is 26.5 Å². The van der Waals surface area contributed by atoms with E-state index in [2.05, 4.69) is 95.5 Å². The Hall–Kier alpha value is -5.87. The number of aryl methyl sites for hydroxylation is 2. The average molecular weight is 897 g/mol. The van der Waals surface area contributed by atoms with Crippen molar-refractivity contribution in [2.45, 2.75) is 34.0 Å². The van der Waals surface area contributed by atoms with Crippen molar-refractivity contribution in [3.05, 3.63) is 187 Å². The van der Waals surface area contributed by atoms with Gasteiger partial charge in [0.15, 0.2) is 0 Å². The van der Waals surface area contributed by atoms with Gasteiger partial charge < -0.3 is 14.0 Å². The van der Waals surface area contributed by atoms with Gasteiger partial charge in [-0.15, -0.1) is 35.9 Å². The summed E-state index contributed by atoms with van der Waals surface area (Å²) >= 11 is 0. The Morgan fingerprint density at radius 1 is 0.764 bits per heavy atom. The zero-order chi connectivity index (χ0) is 41.3. The van der Waals surface area contributed by atoms with Crippen LogP contribution in [0.1, 0.15) is 37.4 Å². The smallest absolute Gasteiger partial charge is 0.0774 e. The number of imidazole rings is 1. The van der Waals surface area contributed by atoms with Crippen LogP contribution in [0.5, 0.6) is 0 Å². The third-order valence-electron chi connectivity index (χ3n) is 9.15. The first-order valence-corrected chi connectivity index (χ1v) is 18.0. The maximum absolute atomic E-state index is 8.76. The monoisotopic (exact) mass is 897 g/mol. The summed E-state index contributed by atoms with van der Waals surface area (Å²) in [4.78, 5) is 9.30. The maximum Gasteiger partial charge on any atom is 0.0774 e. The summed E-state index contributed by atoms with van der Waals surface area (Å²) < 4.78 is 47.4. The van der Waals surface area contributed by atoms with Crippen molar-refractivity contribution in [2.75, 3.05) is 0 Å². The predicted molar refractivity (Wildman–Crippen MR) is 223 cm³/mol. The van der Waals surface area contributed by atoms with Gasteiger partial charge in [-0.3, -0.25) is 4.98 Å². The van der Waals surface area contributed by atoms with E-state index in [4.69, 9.17) is 16.3 Å². The normalized spacial score (nSPS) is 12.8. The Labute approximate surface area is 343 Å². The van der Waals surface area contributed by atoms with Crippen molar-refractivity contribution < 1.29 is 31.4 Å². The third-order valence-corrected chi connectivity index (χ3v) is 9.15. The molecule has 0 fully saturated rings. The van der Waals surface area contributed by atoms with Gasteiger partial charge in [-0.25, -0.2) is 0 Å². The number of hydrogen-bond acceptors (Lipinski definition) is 3. The fourth-order valence-corrected chi connectivity index (χ4v) is 6.79. The van der Waals surface area contributed by atoms with E-state index in [9.17, 15) is 0 Å². The molecule has 0 saturated heterocycles. The summed E-state index contributed by atoms with van der Waals surface area (Å²) in [6.07, 6.45) is 3.05. The summed E-state index contributed by atoms with van der Waals surface area (Å²) in [6, 6.07) is 52.9. The standard InChI is InChI=1S/C38H31N2O.C12H10N.Ir/c1-25(2)20-27-18-19-36-32(23-27)33(24-41-36)38-39-34-16-10-11-17-35(34)40(38)37-30(28-12-6-4-7-13-28)21-26(3)22-31(37)29-14-8-5-9-15-29;1-10-7-8-12(13-9-10)11-5-3-2-4-6-11;/h4-19,21-23,25H,20H2,1-3H3;2-5,7-9H,1H3;/q2*-1;/i20D2;1D3;. The molecular weight excluding hydrogens is 851 g/mol. The average Bonchev–Trinajstić information content (AvgIpc) is 3.85. The van der Waals surface area contributed by atoms with E-state index >= 15 is 0 Å². The first kappa shape index (κ1) is 31.5. The van der Waals surface area contributed by atoms with Gasteiger partial charge in [0.25, 0.3) is 0 Å². The fourth-order valence-electron chi connectivity index (χ4n) is 6.79. The molecule has 0 bridgehead atoms. The Morgan fingerprint density at radius 3 is 2.09 bits per heavy atom. The summed E-state index contributed by atoms with van der Waals surface area (Å²) in [7, 11) is 0. The first-order valence-electron chi connectivity index (χ1n) is 20.5. The molecule has 0 spiro atoms. The number of para-hydroxylation sites is 2. The molecule has 3 heterocycles. The molecule has 0 saturated carbocycles. The van der Waals surface area contributed by atoms with Crippen LogP contribution in [0, 0.1) is 32.0 Å². The second kappa shape index (κ2) is 16.6. The van der Waals surface area contributed by atoms with E-state index in [-0.39, 0.29) is 31.6 Å². The van der Waals surface area contributed by atoms with E-state index in [0.717, 1.165) is 61.2 Å². The van der Waals surface area contributed by atoms with Crippen LogP contribution >= 0.6 is 0 Å². The van der Waals surface area contributed by atoms with Gasteiger partial charge in [0.2, 0.25) is 0 Å².